The van der Waals surface area contributed by atoms with Gasteiger partial charge in [0.25, 0.3) is 0 Å². The third-order valence-electron chi connectivity index (χ3n) is 3.87. The van der Waals surface area contributed by atoms with Crippen LogP contribution in [-0.2, 0) is 9.53 Å². The van der Waals surface area contributed by atoms with Crippen LogP contribution < -0.4 is 5.32 Å². The Morgan fingerprint density at radius 1 is 1.43 bits per heavy atom. The van der Waals surface area contributed by atoms with Crippen LogP contribution in [0.3, 0.4) is 0 Å². The van der Waals surface area contributed by atoms with Gasteiger partial charge in [-0.2, -0.15) is 0 Å². The molecule has 0 saturated heterocycles. The zero-order valence-electron chi connectivity index (χ0n) is 12.7. The first kappa shape index (κ1) is 17.5. The number of carbonyl (C=O) groups is 2. The van der Waals surface area contributed by atoms with Gasteiger partial charge in [0.05, 0.1) is 6.61 Å². The van der Waals surface area contributed by atoms with Crippen molar-refractivity contribution in [1.82, 2.24) is 10.2 Å². The number of nitrogens with one attached hydrogen (secondary N) is 1. The molecule has 0 aliphatic heterocycles. The average Bonchev–Trinajstić information content (AvgIpc) is 2.49. The third-order valence-corrected chi connectivity index (χ3v) is 3.87. The maximum Gasteiger partial charge on any atom is 0.326 e. The summed E-state index contributed by atoms with van der Waals surface area (Å²) in [5.74, 6) is -0.936. The predicted molar refractivity (Wildman–Crippen MR) is 80.2 cm³/mol. The lowest BCUT2D eigenvalue weighted by Gasteiger charge is -2.30. The monoisotopic (exact) mass is 298 g/mol. The van der Waals surface area contributed by atoms with E-state index in [9.17, 15) is 14.7 Å². The topological polar surface area (TPSA) is 78.9 Å². The Bertz CT molecular complexity index is 354. The summed E-state index contributed by atoms with van der Waals surface area (Å²) in [5, 5.41) is 12.0. The van der Waals surface area contributed by atoms with Gasteiger partial charge in [0.1, 0.15) is 6.04 Å². The van der Waals surface area contributed by atoms with Crippen molar-refractivity contribution in [3.63, 3.8) is 0 Å². The highest BCUT2D eigenvalue weighted by molar-refractivity contribution is 5.82. The number of aliphatic carboxylic acids is 1. The van der Waals surface area contributed by atoms with Gasteiger partial charge in [-0.1, -0.05) is 25.3 Å². The second-order valence-corrected chi connectivity index (χ2v) is 5.39. The van der Waals surface area contributed by atoms with Crippen molar-refractivity contribution in [2.75, 3.05) is 26.8 Å². The van der Waals surface area contributed by atoms with E-state index in [2.05, 4.69) is 11.9 Å². The molecule has 0 aromatic carbocycles. The average molecular weight is 298 g/mol. The molecule has 0 spiro atoms. The smallest absolute Gasteiger partial charge is 0.326 e. The van der Waals surface area contributed by atoms with Crippen molar-refractivity contribution in [2.45, 2.75) is 38.1 Å². The molecule has 1 aliphatic carbocycles. The number of ether oxygens (including phenoxy) is 1. The number of methoxy groups -OCH3 is 1. The van der Waals surface area contributed by atoms with Gasteiger partial charge in [0, 0.05) is 20.2 Å². The Hall–Kier alpha value is -1.56. The summed E-state index contributed by atoms with van der Waals surface area (Å²) in [6, 6.07) is -1.18. The molecule has 1 saturated carbocycles. The molecule has 6 nitrogen and oxygen atoms in total. The number of urea groups is 1. The second-order valence-electron chi connectivity index (χ2n) is 5.39. The Morgan fingerprint density at radius 2 is 2.10 bits per heavy atom. The molecule has 0 aromatic heterocycles. The fourth-order valence-corrected chi connectivity index (χ4v) is 2.71. The Morgan fingerprint density at radius 3 is 2.62 bits per heavy atom. The molecule has 6 heteroatoms. The van der Waals surface area contributed by atoms with E-state index in [1.165, 1.54) is 4.90 Å². The van der Waals surface area contributed by atoms with Crippen LogP contribution in [0.15, 0.2) is 12.7 Å². The van der Waals surface area contributed by atoms with Crippen LogP contribution in [0.2, 0.25) is 0 Å². The molecule has 1 aliphatic rings. The molecular weight excluding hydrogens is 272 g/mol. The van der Waals surface area contributed by atoms with Crippen LogP contribution >= 0.6 is 0 Å². The van der Waals surface area contributed by atoms with E-state index in [-0.39, 0.29) is 11.9 Å². The number of carboxylic acid groups (broad SMARTS) is 1. The fraction of sp³-hybridized carbons (Fsp3) is 0.733. The van der Waals surface area contributed by atoms with E-state index < -0.39 is 12.0 Å². The molecule has 1 rings (SSSR count). The van der Waals surface area contributed by atoms with Crippen molar-refractivity contribution in [1.29, 1.82) is 0 Å². The van der Waals surface area contributed by atoms with E-state index in [1.54, 1.807) is 13.2 Å². The first-order chi connectivity index (χ1) is 10.1. The van der Waals surface area contributed by atoms with Gasteiger partial charge in [-0.15, -0.1) is 6.58 Å². The number of carbonyl (C=O) groups excluding carboxylic acids is 1. The molecule has 0 bridgehead atoms. The van der Waals surface area contributed by atoms with Gasteiger partial charge in [-0.05, 0) is 18.8 Å². The van der Waals surface area contributed by atoms with Crippen molar-refractivity contribution in [3.05, 3.63) is 12.7 Å². The lowest BCUT2D eigenvalue weighted by molar-refractivity contribution is -0.141. The predicted octanol–water partition coefficient (Wildman–Crippen LogP) is 1.86. The molecule has 1 atom stereocenters. The minimum atomic E-state index is -0.958. The largest absolute Gasteiger partial charge is 0.480 e. The van der Waals surface area contributed by atoms with Crippen LogP contribution in [0, 0.1) is 5.92 Å². The quantitative estimate of drug-likeness (QED) is 0.670. The molecule has 2 N–H and O–H groups in total. The van der Waals surface area contributed by atoms with Crippen LogP contribution in [0.1, 0.15) is 32.1 Å². The zero-order valence-corrected chi connectivity index (χ0v) is 12.7. The lowest BCUT2D eigenvalue weighted by Crippen LogP contribution is -2.52. The molecule has 1 unspecified atom stereocenters. The van der Waals surface area contributed by atoms with Crippen molar-refractivity contribution in [3.8, 4) is 0 Å². The van der Waals surface area contributed by atoms with E-state index >= 15 is 0 Å². The third kappa shape index (κ3) is 5.75. The number of nitrogens with zero attached hydrogens (tertiary/aromatic N) is 1. The van der Waals surface area contributed by atoms with Gasteiger partial charge in [-0.3, -0.25) is 0 Å². The van der Waals surface area contributed by atoms with Crippen LogP contribution in [0.25, 0.3) is 0 Å². The van der Waals surface area contributed by atoms with Gasteiger partial charge < -0.3 is 20.1 Å². The highest BCUT2D eigenvalue weighted by Crippen LogP contribution is 2.26. The molecule has 0 radical (unpaired) electrons. The van der Waals surface area contributed by atoms with Gasteiger partial charge in [0.2, 0.25) is 0 Å². The van der Waals surface area contributed by atoms with Gasteiger partial charge >= 0.3 is 12.0 Å². The molecule has 2 amide bonds. The normalized spacial score (nSPS) is 17.0. The van der Waals surface area contributed by atoms with Crippen LogP contribution in [0.5, 0.6) is 0 Å². The number of amides is 2. The Kier molecular flexibility index (Phi) is 7.82. The summed E-state index contributed by atoms with van der Waals surface area (Å²) < 4.78 is 4.97. The molecule has 1 fully saturated rings. The molecular formula is C15H26N2O4. The van der Waals surface area contributed by atoms with Crippen molar-refractivity contribution < 1.29 is 19.4 Å². The number of rotatable bonds is 8. The molecule has 21 heavy (non-hydrogen) atoms. The summed E-state index contributed by atoms with van der Waals surface area (Å²) in [6.07, 6.45) is 6.54. The summed E-state index contributed by atoms with van der Waals surface area (Å²) in [4.78, 5) is 25.2. The minimum absolute atomic E-state index is 0.0215. The van der Waals surface area contributed by atoms with Crippen LogP contribution in [-0.4, -0.2) is 54.9 Å². The standard InChI is InChI=1S/C15H26N2O4/c1-3-9-17(10-11-21-2)15(20)16-13(14(18)19)12-7-5-4-6-8-12/h3,12-13H,1,4-11H2,2H3,(H,16,20)(H,18,19). The molecule has 0 aromatic rings. The first-order valence-electron chi connectivity index (χ1n) is 7.48. The van der Waals surface area contributed by atoms with Crippen LogP contribution in [0.4, 0.5) is 4.79 Å². The highest BCUT2D eigenvalue weighted by Gasteiger charge is 2.31. The summed E-state index contributed by atoms with van der Waals surface area (Å²) >= 11 is 0. The molecule has 120 valence electrons. The lowest BCUT2D eigenvalue weighted by atomic mass is 9.84. The van der Waals surface area contributed by atoms with E-state index in [1.807, 2.05) is 0 Å². The van der Waals surface area contributed by atoms with E-state index in [0.29, 0.717) is 19.7 Å². The Balaban J connectivity index is 2.64. The second kappa shape index (κ2) is 9.39. The molecule has 0 heterocycles. The number of hydrogen-bond donors (Lipinski definition) is 2. The Labute approximate surface area is 126 Å². The summed E-state index contributed by atoms with van der Waals surface area (Å²) in [6.45, 7) is 4.80. The van der Waals surface area contributed by atoms with Crippen molar-refractivity contribution in [2.24, 2.45) is 5.92 Å². The number of carboxylic acids is 1. The van der Waals surface area contributed by atoms with E-state index in [4.69, 9.17) is 4.74 Å². The zero-order chi connectivity index (χ0) is 15.7. The maximum atomic E-state index is 12.2. The minimum Gasteiger partial charge on any atom is -0.480 e. The van der Waals surface area contributed by atoms with E-state index in [0.717, 1.165) is 32.1 Å². The summed E-state index contributed by atoms with van der Waals surface area (Å²) in [5.41, 5.74) is 0. The fourth-order valence-electron chi connectivity index (χ4n) is 2.71. The summed E-state index contributed by atoms with van der Waals surface area (Å²) in [7, 11) is 1.56. The SMILES string of the molecule is C=CCN(CCOC)C(=O)NC(C(=O)O)C1CCCCC1. The first-order valence-corrected chi connectivity index (χ1v) is 7.48. The highest BCUT2D eigenvalue weighted by atomic mass is 16.5. The van der Waals surface area contributed by atoms with Crippen molar-refractivity contribution >= 4 is 12.0 Å². The van der Waals surface area contributed by atoms with Gasteiger partial charge in [0.15, 0.2) is 0 Å². The number of hydrogen-bond acceptors (Lipinski definition) is 3. The van der Waals surface area contributed by atoms with Gasteiger partial charge in [-0.25, -0.2) is 9.59 Å². The maximum absolute atomic E-state index is 12.2.